The fraction of sp³-hybridized carbons (Fsp3) is 0.579. The summed E-state index contributed by atoms with van der Waals surface area (Å²) in [6.45, 7) is 5.85. The predicted molar refractivity (Wildman–Crippen MR) is 102 cm³/mol. The molecule has 1 amide bonds. The van der Waals surface area contributed by atoms with Crippen molar-refractivity contribution in [1.29, 1.82) is 0 Å². The summed E-state index contributed by atoms with van der Waals surface area (Å²) < 4.78 is 7.19. The van der Waals surface area contributed by atoms with Gasteiger partial charge in [-0.25, -0.2) is 0 Å². The summed E-state index contributed by atoms with van der Waals surface area (Å²) in [5.74, 6) is 1.60. The van der Waals surface area contributed by atoms with Crippen molar-refractivity contribution in [2.45, 2.75) is 64.6 Å². The molecule has 142 valence electrons. The van der Waals surface area contributed by atoms with Crippen LogP contribution in [-0.2, 0) is 0 Å². The fourth-order valence-corrected chi connectivity index (χ4v) is 4.49. The molecule has 2 fully saturated rings. The van der Waals surface area contributed by atoms with Gasteiger partial charge in [0.15, 0.2) is 5.82 Å². The van der Waals surface area contributed by atoms with Gasteiger partial charge in [0.05, 0.1) is 5.56 Å². The van der Waals surface area contributed by atoms with Crippen molar-refractivity contribution in [2.75, 3.05) is 7.05 Å². The minimum Gasteiger partial charge on any atom is -0.360 e. The van der Waals surface area contributed by atoms with Crippen molar-refractivity contribution in [3.05, 3.63) is 34.8 Å². The quantitative estimate of drug-likeness (QED) is 0.891. The molecule has 26 heavy (non-hydrogen) atoms. The number of hydrogen-bond donors (Lipinski definition) is 1. The molecule has 0 aromatic carbocycles. The van der Waals surface area contributed by atoms with Crippen LogP contribution in [0.3, 0.4) is 0 Å². The van der Waals surface area contributed by atoms with E-state index in [2.05, 4.69) is 10.5 Å². The van der Waals surface area contributed by atoms with Gasteiger partial charge in [-0.05, 0) is 52.5 Å². The lowest BCUT2D eigenvalue weighted by atomic mass is 9.98. The van der Waals surface area contributed by atoms with E-state index in [0.717, 1.165) is 41.4 Å². The summed E-state index contributed by atoms with van der Waals surface area (Å²) >= 11 is 0. The van der Waals surface area contributed by atoms with Gasteiger partial charge in [-0.3, -0.25) is 9.36 Å². The van der Waals surface area contributed by atoms with Gasteiger partial charge in [-0.2, -0.15) is 0 Å². The van der Waals surface area contributed by atoms with Gasteiger partial charge >= 0.3 is 0 Å². The Morgan fingerprint density at radius 2 is 1.88 bits per heavy atom. The minimum absolute atomic E-state index is 0. The lowest BCUT2D eigenvalue weighted by Gasteiger charge is -2.35. The Morgan fingerprint density at radius 1 is 1.23 bits per heavy atom. The summed E-state index contributed by atoms with van der Waals surface area (Å²) in [5.41, 5.74) is 2.67. The maximum absolute atomic E-state index is 13.1. The molecule has 6 nitrogen and oxygen atoms in total. The largest absolute Gasteiger partial charge is 0.360 e. The van der Waals surface area contributed by atoms with Crippen LogP contribution in [0.25, 0.3) is 5.82 Å². The molecule has 4 rings (SSSR count). The standard InChI is InChI=1S/C19H26N4O2.ClH/c1-11-7-17(13(3)23(11)18-8-12(2)25-21-18)19(24)22(4)16-9-14-5-6-15(10-16)20-14;/h7-8,14-16,20H,5-6,9-10H2,1-4H3;1H. The van der Waals surface area contributed by atoms with Crippen molar-refractivity contribution >= 4 is 18.3 Å². The van der Waals surface area contributed by atoms with E-state index >= 15 is 0 Å². The summed E-state index contributed by atoms with van der Waals surface area (Å²) in [5, 5.41) is 7.74. The van der Waals surface area contributed by atoms with Crippen LogP contribution >= 0.6 is 12.4 Å². The van der Waals surface area contributed by atoms with Crippen molar-refractivity contribution in [2.24, 2.45) is 0 Å². The first kappa shape index (κ1) is 19.0. The molecule has 0 aliphatic carbocycles. The Kier molecular flexibility index (Phi) is 5.17. The van der Waals surface area contributed by atoms with Crippen LogP contribution in [0, 0.1) is 20.8 Å². The summed E-state index contributed by atoms with van der Waals surface area (Å²) in [6, 6.07) is 5.33. The highest BCUT2D eigenvalue weighted by Gasteiger charge is 2.37. The molecule has 2 aliphatic rings. The lowest BCUT2D eigenvalue weighted by molar-refractivity contribution is 0.0681. The zero-order valence-corrected chi connectivity index (χ0v) is 16.6. The number of nitrogens with zero attached hydrogens (tertiary/aromatic N) is 3. The second-order valence-corrected chi connectivity index (χ2v) is 7.60. The average Bonchev–Trinajstić information content (AvgIpc) is 3.24. The minimum atomic E-state index is 0. The van der Waals surface area contributed by atoms with Crippen LogP contribution in [0.1, 0.15) is 53.2 Å². The molecule has 0 spiro atoms. The molecule has 1 N–H and O–H groups in total. The van der Waals surface area contributed by atoms with Crippen LogP contribution in [0.15, 0.2) is 16.7 Å². The van der Waals surface area contributed by atoms with Gasteiger partial charge in [0.2, 0.25) is 0 Å². The Balaban J connectivity index is 0.00000196. The first-order valence-corrected chi connectivity index (χ1v) is 9.10. The highest BCUT2D eigenvalue weighted by Crippen LogP contribution is 2.30. The number of fused-ring (bicyclic) bond motifs is 2. The van der Waals surface area contributed by atoms with E-state index in [1.54, 1.807) is 0 Å². The van der Waals surface area contributed by atoms with Crippen molar-refractivity contribution < 1.29 is 9.32 Å². The Bertz CT molecular complexity index is 801. The third-order valence-electron chi connectivity index (χ3n) is 5.82. The van der Waals surface area contributed by atoms with Gasteiger partial charge in [-0.1, -0.05) is 5.16 Å². The van der Waals surface area contributed by atoms with Crippen molar-refractivity contribution in [3.8, 4) is 5.82 Å². The second kappa shape index (κ2) is 7.08. The number of rotatable bonds is 3. The third-order valence-corrected chi connectivity index (χ3v) is 5.82. The van der Waals surface area contributed by atoms with E-state index in [9.17, 15) is 4.79 Å². The number of nitrogens with one attached hydrogen (secondary N) is 1. The first-order valence-electron chi connectivity index (χ1n) is 9.10. The van der Waals surface area contributed by atoms with Crippen LogP contribution in [0.2, 0.25) is 0 Å². The Hall–Kier alpha value is -1.79. The zero-order chi connectivity index (χ0) is 17.7. The molecular formula is C19H27ClN4O2. The van der Waals surface area contributed by atoms with Crippen molar-refractivity contribution in [1.82, 2.24) is 19.9 Å². The molecule has 2 aromatic rings. The second-order valence-electron chi connectivity index (χ2n) is 7.60. The SMILES string of the molecule is Cc1cc(-n2c(C)cc(C(=O)N(C)C3CC4CCC(C3)N4)c2C)no1.Cl. The average molecular weight is 379 g/mol. The number of carbonyl (C=O) groups excluding carboxylic acids is 1. The Morgan fingerprint density at radius 3 is 2.46 bits per heavy atom. The highest BCUT2D eigenvalue weighted by atomic mass is 35.5. The first-order chi connectivity index (χ1) is 11.9. The normalized spacial score (nSPS) is 24.4. The third kappa shape index (κ3) is 3.16. The van der Waals surface area contributed by atoms with Crippen molar-refractivity contribution in [3.63, 3.8) is 0 Å². The number of hydrogen-bond acceptors (Lipinski definition) is 4. The number of carbonyl (C=O) groups is 1. The molecule has 2 atom stereocenters. The number of amides is 1. The van der Waals surface area contributed by atoms with E-state index in [-0.39, 0.29) is 18.3 Å². The van der Waals surface area contributed by atoms with E-state index in [0.29, 0.717) is 18.1 Å². The monoisotopic (exact) mass is 378 g/mol. The smallest absolute Gasteiger partial charge is 0.255 e. The molecule has 0 saturated carbocycles. The van der Waals surface area contributed by atoms with E-state index in [4.69, 9.17) is 4.52 Å². The van der Waals surface area contributed by atoms with E-state index < -0.39 is 0 Å². The number of aryl methyl sites for hydroxylation is 2. The summed E-state index contributed by atoms with van der Waals surface area (Å²) in [4.78, 5) is 15.1. The summed E-state index contributed by atoms with van der Waals surface area (Å²) in [6.07, 6.45) is 4.59. The maximum Gasteiger partial charge on any atom is 0.255 e. The molecule has 7 heteroatoms. The fourth-order valence-electron chi connectivity index (χ4n) is 4.49. The molecule has 2 saturated heterocycles. The molecule has 4 heterocycles. The van der Waals surface area contributed by atoms with Gasteiger partial charge in [0.25, 0.3) is 5.91 Å². The lowest BCUT2D eigenvalue weighted by Crippen LogP contribution is -2.48. The molecule has 0 radical (unpaired) electrons. The topological polar surface area (TPSA) is 63.3 Å². The van der Waals surface area contributed by atoms with Gasteiger partial charge < -0.3 is 14.7 Å². The predicted octanol–water partition coefficient (Wildman–Crippen LogP) is 3.17. The van der Waals surface area contributed by atoms with Crippen LogP contribution < -0.4 is 5.32 Å². The van der Waals surface area contributed by atoms with Crippen LogP contribution in [0.5, 0.6) is 0 Å². The Labute approximate surface area is 160 Å². The number of aromatic nitrogens is 2. The zero-order valence-electron chi connectivity index (χ0n) is 15.8. The number of halogens is 1. The summed E-state index contributed by atoms with van der Waals surface area (Å²) in [7, 11) is 1.95. The number of piperidine rings is 1. The molecular weight excluding hydrogens is 352 g/mol. The van der Waals surface area contributed by atoms with Crippen LogP contribution in [-0.4, -0.2) is 45.7 Å². The van der Waals surface area contributed by atoms with E-state index in [1.165, 1.54) is 12.8 Å². The van der Waals surface area contributed by atoms with Gasteiger partial charge in [0.1, 0.15) is 5.76 Å². The molecule has 2 aromatic heterocycles. The van der Waals surface area contributed by atoms with Gasteiger partial charge in [0, 0.05) is 42.6 Å². The maximum atomic E-state index is 13.1. The molecule has 2 aliphatic heterocycles. The molecule has 2 bridgehead atoms. The van der Waals surface area contributed by atoms with Gasteiger partial charge in [-0.15, -0.1) is 12.4 Å². The highest BCUT2D eigenvalue weighted by molar-refractivity contribution is 5.96. The van der Waals surface area contributed by atoms with Crippen LogP contribution in [0.4, 0.5) is 0 Å². The molecule has 2 unspecified atom stereocenters. The van der Waals surface area contributed by atoms with E-state index in [1.807, 2.05) is 49.4 Å².